The Labute approximate surface area is 104 Å². The summed E-state index contributed by atoms with van der Waals surface area (Å²) in [4.78, 5) is 0.0805. The first-order valence-electron chi connectivity index (χ1n) is 4.52. The number of nitrogens with two attached hydrogens (primary N) is 1. The van der Waals surface area contributed by atoms with Crippen molar-refractivity contribution in [3.63, 3.8) is 0 Å². The van der Waals surface area contributed by atoms with Crippen molar-refractivity contribution in [1.82, 2.24) is 4.72 Å². The number of hydrogen-bond donors (Lipinski definition) is 2. The Kier molecular flexibility index (Phi) is 4.12. The molecule has 4 nitrogen and oxygen atoms in total. The lowest BCUT2D eigenvalue weighted by Gasteiger charge is -2.09. The monoisotopic (exact) mass is 304 g/mol. The summed E-state index contributed by atoms with van der Waals surface area (Å²) in [5, 5.41) is 0. The largest absolute Gasteiger partial charge is 0.398 e. The molecule has 1 aromatic rings. The zero-order chi connectivity index (χ0) is 12.3. The van der Waals surface area contributed by atoms with Crippen molar-refractivity contribution in [2.24, 2.45) is 0 Å². The van der Waals surface area contributed by atoms with Crippen LogP contribution in [0.15, 0.2) is 39.7 Å². The first-order chi connectivity index (χ1) is 7.33. The van der Waals surface area contributed by atoms with Gasteiger partial charge in [0.1, 0.15) is 4.90 Å². The minimum absolute atomic E-state index is 0.0805. The summed E-state index contributed by atoms with van der Waals surface area (Å²) in [6.07, 6.45) is 0. The maximum absolute atomic E-state index is 11.8. The maximum atomic E-state index is 11.8. The zero-order valence-corrected chi connectivity index (χ0v) is 11.2. The van der Waals surface area contributed by atoms with Crippen molar-refractivity contribution in [3.05, 3.63) is 34.8 Å². The predicted octanol–water partition coefficient (Wildman–Crippen LogP) is 1.89. The summed E-state index contributed by atoms with van der Waals surface area (Å²) in [5.74, 6) is 0. The van der Waals surface area contributed by atoms with Crippen LogP contribution in [0.3, 0.4) is 0 Å². The predicted molar refractivity (Wildman–Crippen MR) is 68.6 cm³/mol. The molecule has 0 unspecified atom stereocenters. The molecular weight excluding hydrogens is 292 g/mol. The summed E-state index contributed by atoms with van der Waals surface area (Å²) >= 11 is 3.22. The fourth-order valence-corrected chi connectivity index (χ4v) is 2.65. The molecular formula is C10H13BrN2O2S. The Morgan fingerprint density at radius 3 is 2.69 bits per heavy atom. The summed E-state index contributed by atoms with van der Waals surface area (Å²) in [7, 11) is -3.56. The van der Waals surface area contributed by atoms with Crippen LogP contribution in [0.4, 0.5) is 5.69 Å². The van der Waals surface area contributed by atoms with Crippen molar-refractivity contribution >= 4 is 31.6 Å². The van der Waals surface area contributed by atoms with E-state index in [-0.39, 0.29) is 17.1 Å². The zero-order valence-electron chi connectivity index (χ0n) is 8.83. The van der Waals surface area contributed by atoms with Crippen LogP contribution < -0.4 is 10.5 Å². The Hall–Kier alpha value is -0.850. The highest BCUT2D eigenvalue weighted by Gasteiger charge is 2.16. The molecule has 3 N–H and O–H groups in total. The number of nitrogens with one attached hydrogen (secondary N) is 1. The molecule has 0 aromatic heterocycles. The highest BCUT2D eigenvalue weighted by Crippen LogP contribution is 2.22. The van der Waals surface area contributed by atoms with E-state index in [9.17, 15) is 8.42 Å². The third kappa shape index (κ3) is 3.33. The number of hydrogen-bond acceptors (Lipinski definition) is 3. The van der Waals surface area contributed by atoms with Gasteiger partial charge < -0.3 is 5.73 Å². The lowest BCUT2D eigenvalue weighted by Crippen LogP contribution is -2.26. The summed E-state index contributed by atoms with van der Waals surface area (Å²) < 4.78 is 26.8. The topological polar surface area (TPSA) is 72.2 Å². The van der Waals surface area contributed by atoms with E-state index >= 15 is 0 Å². The molecule has 0 saturated carbocycles. The van der Waals surface area contributed by atoms with Gasteiger partial charge >= 0.3 is 0 Å². The molecule has 0 fully saturated rings. The molecule has 0 heterocycles. The van der Waals surface area contributed by atoms with E-state index in [1.165, 1.54) is 6.07 Å². The molecule has 0 aliphatic rings. The average Bonchev–Trinajstić information content (AvgIpc) is 2.14. The number of halogens is 1. The van der Waals surface area contributed by atoms with Crippen LogP contribution >= 0.6 is 15.9 Å². The number of sulfonamides is 1. The average molecular weight is 305 g/mol. The minimum atomic E-state index is -3.56. The van der Waals surface area contributed by atoms with Crippen molar-refractivity contribution < 1.29 is 8.42 Å². The van der Waals surface area contributed by atoms with E-state index in [0.717, 1.165) is 10.0 Å². The third-order valence-corrected chi connectivity index (χ3v) is 3.79. The van der Waals surface area contributed by atoms with Crippen LogP contribution in [0.1, 0.15) is 6.92 Å². The molecule has 0 spiro atoms. The fourth-order valence-electron chi connectivity index (χ4n) is 1.06. The second-order valence-corrected chi connectivity index (χ2v) is 6.11. The summed E-state index contributed by atoms with van der Waals surface area (Å²) in [6, 6.07) is 4.64. The van der Waals surface area contributed by atoms with Crippen LogP contribution in [0.25, 0.3) is 0 Å². The molecule has 0 atom stereocenters. The molecule has 1 rings (SSSR count). The summed E-state index contributed by atoms with van der Waals surface area (Å²) in [5.41, 5.74) is 6.59. The van der Waals surface area contributed by atoms with Gasteiger partial charge in [-0.1, -0.05) is 28.1 Å². The second-order valence-electron chi connectivity index (χ2n) is 3.46. The van der Waals surface area contributed by atoms with E-state index < -0.39 is 10.0 Å². The fraction of sp³-hybridized carbons (Fsp3) is 0.200. The van der Waals surface area contributed by atoms with Gasteiger partial charge in [-0.2, -0.15) is 0 Å². The van der Waals surface area contributed by atoms with Crippen molar-refractivity contribution in [2.75, 3.05) is 12.3 Å². The molecule has 0 aliphatic heterocycles. The first-order valence-corrected chi connectivity index (χ1v) is 6.79. The highest BCUT2D eigenvalue weighted by atomic mass is 79.9. The first kappa shape index (κ1) is 13.2. The van der Waals surface area contributed by atoms with Gasteiger partial charge in [0.2, 0.25) is 10.0 Å². The van der Waals surface area contributed by atoms with E-state index in [2.05, 4.69) is 27.2 Å². The summed E-state index contributed by atoms with van der Waals surface area (Å²) in [6.45, 7) is 5.57. The molecule has 0 saturated heterocycles. The maximum Gasteiger partial charge on any atom is 0.242 e. The normalized spacial score (nSPS) is 11.4. The van der Waals surface area contributed by atoms with Crippen LogP contribution in [0, 0.1) is 0 Å². The van der Waals surface area contributed by atoms with Gasteiger partial charge in [-0.3, -0.25) is 0 Å². The molecule has 6 heteroatoms. The number of nitrogen functional groups attached to an aromatic ring is 1. The van der Waals surface area contributed by atoms with Gasteiger partial charge in [0.05, 0.1) is 5.69 Å². The lowest BCUT2D eigenvalue weighted by atomic mass is 10.3. The van der Waals surface area contributed by atoms with E-state index in [4.69, 9.17) is 5.73 Å². The van der Waals surface area contributed by atoms with Gasteiger partial charge in [0.25, 0.3) is 0 Å². The van der Waals surface area contributed by atoms with Gasteiger partial charge in [-0.15, -0.1) is 0 Å². The molecule has 0 aliphatic carbocycles. The Morgan fingerprint density at radius 2 is 2.19 bits per heavy atom. The van der Waals surface area contributed by atoms with E-state index in [1.807, 2.05) is 0 Å². The Bertz CT molecular complexity index is 512. The molecule has 1 aromatic carbocycles. The molecule has 88 valence electrons. The van der Waals surface area contributed by atoms with Gasteiger partial charge in [-0.25, -0.2) is 13.1 Å². The number of benzene rings is 1. The Balaban J connectivity index is 3.03. The van der Waals surface area contributed by atoms with Crippen LogP contribution in [-0.2, 0) is 10.0 Å². The number of anilines is 1. The van der Waals surface area contributed by atoms with Crippen molar-refractivity contribution in [3.8, 4) is 0 Å². The van der Waals surface area contributed by atoms with Crippen LogP contribution in [0.5, 0.6) is 0 Å². The SMILES string of the molecule is C=C(C)CNS(=O)(=O)c1ccc(Br)cc1N. The minimum Gasteiger partial charge on any atom is -0.398 e. The molecule has 0 radical (unpaired) electrons. The van der Waals surface area contributed by atoms with Gasteiger partial charge in [-0.05, 0) is 25.1 Å². The van der Waals surface area contributed by atoms with Crippen LogP contribution in [0.2, 0.25) is 0 Å². The van der Waals surface area contributed by atoms with Crippen LogP contribution in [-0.4, -0.2) is 15.0 Å². The smallest absolute Gasteiger partial charge is 0.242 e. The van der Waals surface area contributed by atoms with E-state index in [0.29, 0.717) is 0 Å². The number of rotatable bonds is 4. The lowest BCUT2D eigenvalue weighted by molar-refractivity contribution is 0.585. The van der Waals surface area contributed by atoms with Crippen molar-refractivity contribution in [1.29, 1.82) is 0 Å². The van der Waals surface area contributed by atoms with Gasteiger partial charge in [0.15, 0.2) is 0 Å². The quantitative estimate of drug-likeness (QED) is 0.659. The third-order valence-electron chi connectivity index (χ3n) is 1.83. The van der Waals surface area contributed by atoms with E-state index in [1.54, 1.807) is 19.1 Å². The second kappa shape index (κ2) is 4.99. The molecule has 0 bridgehead atoms. The van der Waals surface area contributed by atoms with Gasteiger partial charge in [0, 0.05) is 11.0 Å². The molecule has 16 heavy (non-hydrogen) atoms. The van der Waals surface area contributed by atoms with Crippen molar-refractivity contribution in [2.45, 2.75) is 11.8 Å². The Morgan fingerprint density at radius 1 is 1.56 bits per heavy atom. The molecule has 0 amide bonds. The standard InChI is InChI=1S/C10H13BrN2O2S/c1-7(2)6-13-16(14,15)10-4-3-8(11)5-9(10)12/h3-5,13H,1,6,12H2,2H3. The highest BCUT2D eigenvalue weighted by molar-refractivity contribution is 9.10.